The molecular formula is C20H15ClN2OS. The van der Waals surface area contributed by atoms with Gasteiger partial charge in [0, 0.05) is 16.1 Å². The van der Waals surface area contributed by atoms with Crippen molar-refractivity contribution in [3.05, 3.63) is 93.1 Å². The van der Waals surface area contributed by atoms with Crippen LogP contribution >= 0.6 is 22.9 Å². The summed E-state index contributed by atoms with van der Waals surface area (Å²) in [6.07, 6.45) is 2.05. The summed E-state index contributed by atoms with van der Waals surface area (Å²) in [6.45, 7) is 0. The van der Waals surface area contributed by atoms with E-state index in [4.69, 9.17) is 16.3 Å². The molecule has 5 rings (SSSR count). The van der Waals surface area contributed by atoms with Crippen molar-refractivity contribution in [3.8, 4) is 5.75 Å². The molecule has 3 aromatic rings. The van der Waals surface area contributed by atoms with Gasteiger partial charge < -0.3 is 10.2 Å². The maximum Gasteiger partial charge on any atom is 0.195 e. The van der Waals surface area contributed by atoms with Crippen LogP contribution in [0.15, 0.2) is 72.1 Å². The van der Waals surface area contributed by atoms with Gasteiger partial charge >= 0.3 is 0 Å². The molecular weight excluding hydrogens is 352 g/mol. The Morgan fingerprint density at radius 1 is 1.04 bits per heavy atom. The van der Waals surface area contributed by atoms with Crippen LogP contribution in [0.25, 0.3) is 5.70 Å². The Morgan fingerprint density at radius 3 is 2.72 bits per heavy atom. The summed E-state index contributed by atoms with van der Waals surface area (Å²) in [4.78, 5) is 1.21. The maximum absolute atomic E-state index is 6.33. The lowest BCUT2D eigenvalue weighted by atomic mass is 10.0. The lowest BCUT2D eigenvalue weighted by Crippen LogP contribution is -2.43. The van der Waals surface area contributed by atoms with E-state index in [1.807, 2.05) is 36.4 Å². The van der Waals surface area contributed by atoms with Crippen molar-refractivity contribution in [2.75, 3.05) is 0 Å². The highest BCUT2D eigenvalue weighted by atomic mass is 35.5. The number of ether oxygens (including phenoxy) is 1. The largest absolute Gasteiger partial charge is 0.469 e. The molecule has 124 valence electrons. The number of nitrogens with zero attached hydrogens (tertiary/aromatic N) is 1. The Hall–Kier alpha value is -2.27. The van der Waals surface area contributed by atoms with E-state index in [9.17, 15) is 0 Å². The highest BCUT2D eigenvalue weighted by Crippen LogP contribution is 2.46. The second-order valence-electron chi connectivity index (χ2n) is 6.08. The van der Waals surface area contributed by atoms with Crippen LogP contribution in [0, 0.1) is 0 Å². The Labute approximate surface area is 155 Å². The topological polar surface area (TPSA) is 24.5 Å². The molecule has 0 fully saturated rings. The average Bonchev–Trinajstić information content (AvgIpc) is 3.31. The maximum atomic E-state index is 6.33. The smallest absolute Gasteiger partial charge is 0.195 e. The number of fused-ring (bicyclic) bond motifs is 3. The second-order valence-corrected chi connectivity index (χ2v) is 7.47. The summed E-state index contributed by atoms with van der Waals surface area (Å²) in [5.41, 5.74) is 6.84. The molecule has 0 saturated heterocycles. The molecule has 3 heterocycles. The molecule has 3 nitrogen and oxygen atoms in total. The van der Waals surface area contributed by atoms with Crippen molar-refractivity contribution in [2.45, 2.75) is 12.3 Å². The molecule has 25 heavy (non-hydrogen) atoms. The van der Waals surface area contributed by atoms with Crippen LogP contribution in [0.4, 0.5) is 0 Å². The molecule has 0 spiro atoms. The van der Waals surface area contributed by atoms with Gasteiger partial charge in [-0.05, 0) is 35.7 Å². The van der Waals surface area contributed by atoms with E-state index in [0.29, 0.717) is 0 Å². The normalized spacial score (nSPS) is 21.7. The first-order chi connectivity index (χ1) is 12.3. The molecule has 0 bridgehead atoms. The summed E-state index contributed by atoms with van der Waals surface area (Å²) in [7, 11) is 0. The first kappa shape index (κ1) is 15.0. The Kier molecular flexibility index (Phi) is 3.55. The quantitative estimate of drug-likeness (QED) is 0.657. The van der Waals surface area contributed by atoms with E-state index in [2.05, 4.69) is 46.2 Å². The van der Waals surface area contributed by atoms with Crippen molar-refractivity contribution in [3.63, 3.8) is 0 Å². The summed E-state index contributed by atoms with van der Waals surface area (Å²) < 4.78 is 6.33. The monoisotopic (exact) mass is 366 g/mol. The zero-order valence-corrected chi connectivity index (χ0v) is 14.8. The third kappa shape index (κ3) is 2.54. The minimum Gasteiger partial charge on any atom is -0.469 e. The van der Waals surface area contributed by atoms with Crippen molar-refractivity contribution in [2.24, 2.45) is 0 Å². The van der Waals surface area contributed by atoms with Crippen molar-refractivity contribution in [1.82, 2.24) is 10.4 Å². The number of hydrogen-bond acceptors (Lipinski definition) is 4. The van der Waals surface area contributed by atoms with Crippen molar-refractivity contribution >= 4 is 28.6 Å². The molecule has 1 aromatic heterocycles. The molecule has 0 saturated carbocycles. The van der Waals surface area contributed by atoms with Gasteiger partial charge in [0.05, 0.1) is 16.6 Å². The van der Waals surface area contributed by atoms with Gasteiger partial charge in [0.1, 0.15) is 5.75 Å². The first-order valence-corrected chi connectivity index (χ1v) is 9.37. The molecule has 0 amide bonds. The lowest BCUT2D eigenvalue weighted by Gasteiger charge is -2.39. The average molecular weight is 367 g/mol. The van der Waals surface area contributed by atoms with Crippen LogP contribution in [0.5, 0.6) is 5.75 Å². The molecule has 2 atom stereocenters. The van der Waals surface area contributed by atoms with Crippen LogP contribution in [0.1, 0.15) is 28.3 Å². The van der Waals surface area contributed by atoms with Gasteiger partial charge in [-0.15, -0.1) is 11.3 Å². The van der Waals surface area contributed by atoms with Gasteiger partial charge in [0.2, 0.25) is 0 Å². The van der Waals surface area contributed by atoms with Gasteiger partial charge in [0.15, 0.2) is 6.23 Å². The summed E-state index contributed by atoms with van der Waals surface area (Å²) in [6, 6.07) is 20.4. The van der Waals surface area contributed by atoms with Crippen LogP contribution in [0.2, 0.25) is 5.02 Å². The zero-order valence-electron chi connectivity index (χ0n) is 13.2. The Balaban J connectivity index is 1.62. The van der Waals surface area contributed by atoms with Gasteiger partial charge in [0.25, 0.3) is 0 Å². The Morgan fingerprint density at radius 2 is 1.92 bits per heavy atom. The number of benzene rings is 2. The van der Waals surface area contributed by atoms with Crippen LogP contribution in [-0.2, 0) is 0 Å². The van der Waals surface area contributed by atoms with Gasteiger partial charge in [-0.1, -0.05) is 48.0 Å². The number of thiophene rings is 1. The molecule has 2 aliphatic heterocycles. The molecule has 0 radical (unpaired) electrons. The highest BCUT2D eigenvalue weighted by molar-refractivity contribution is 7.11. The van der Waals surface area contributed by atoms with E-state index >= 15 is 0 Å². The van der Waals surface area contributed by atoms with Crippen LogP contribution < -0.4 is 10.2 Å². The number of hydrazine groups is 1. The first-order valence-electron chi connectivity index (χ1n) is 8.11. The minimum absolute atomic E-state index is 0.0738. The minimum atomic E-state index is -0.200. The predicted molar refractivity (Wildman–Crippen MR) is 101 cm³/mol. The molecule has 0 unspecified atom stereocenters. The lowest BCUT2D eigenvalue weighted by molar-refractivity contribution is -0.0326. The van der Waals surface area contributed by atoms with E-state index in [0.717, 1.165) is 27.6 Å². The fraction of sp³-hybridized carbons (Fsp3) is 0.100. The fourth-order valence-corrected chi connectivity index (χ4v) is 4.26. The van der Waals surface area contributed by atoms with Gasteiger partial charge in [-0.2, -0.15) is 5.01 Å². The number of hydrogen-bond donors (Lipinski definition) is 1. The van der Waals surface area contributed by atoms with Crippen LogP contribution in [0.3, 0.4) is 0 Å². The Bertz CT molecular complexity index is 940. The third-order valence-electron chi connectivity index (χ3n) is 4.53. The summed E-state index contributed by atoms with van der Waals surface area (Å²) >= 11 is 7.97. The molecule has 0 aliphatic carbocycles. The SMILES string of the molecule is Clc1ccc2c(c1)[C@@H]1C=C(c3cccs3)NN1[C@H](c1ccccc1)O2. The molecule has 2 aromatic carbocycles. The van der Waals surface area contributed by atoms with E-state index < -0.39 is 0 Å². The van der Waals surface area contributed by atoms with E-state index in [1.165, 1.54) is 4.88 Å². The zero-order chi connectivity index (χ0) is 16.8. The fourth-order valence-electron chi connectivity index (χ4n) is 3.38. The van der Waals surface area contributed by atoms with E-state index in [-0.39, 0.29) is 12.3 Å². The second kappa shape index (κ2) is 5.92. The summed E-state index contributed by atoms with van der Waals surface area (Å²) in [5, 5.41) is 4.97. The summed E-state index contributed by atoms with van der Waals surface area (Å²) in [5.74, 6) is 0.880. The number of nitrogens with one attached hydrogen (secondary N) is 1. The van der Waals surface area contributed by atoms with Gasteiger partial charge in [-0.3, -0.25) is 0 Å². The highest BCUT2D eigenvalue weighted by Gasteiger charge is 2.40. The number of halogens is 1. The molecule has 1 N–H and O–H groups in total. The predicted octanol–water partition coefficient (Wildman–Crippen LogP) is 5.40. The standard InChI is InChI=1S/C20H15ClN2OS/c21-14-8-9-18-15(11-14)17-12-16(19-7-4-10-25-19)22-23(17)20(24-18)13-5-2-1-3-6-13/h1-12,17,20,22H/t17-,20-/m0/s1. The van der Waals surface area contributed by atoms with Crippen molar-refractivity contribution < 1.29 is 4.74 Å². The van der Waals surface area contributed by atoms with Gasteiger partial charge in [-0.25, -0.2) is 0 Å². The van der Waals surface area contributed by atoms with Crippen molar-refractivity contribution in [1.29, 1.82) is 0 Å². The third-order valence-corrected chi connectivity index (χ3v) is 5.67. The molecule has 2 aliphatic rings. The number of rotatable bonds is 2. The van der Waals surface area contributed by atoms with E-state index in [1.54, 1.807) is 11.3 Å². The molecule has 5 heteroatoms. The van der Waals surface area contributed by atoms with Crippen LogP contribution in [-0.4, -0.2) is 5.01 Å².